The lowest BCUT2D eigenvalue weighted by Crippen LogP contribution is -2.40. The smallest absolute Gasteiger partial charge is 0.339 e. The first-order chi connectivity index (χ1) is 12.4. The van der Waals surface area contributed by atoms with Gasteiger partial charge in [-0.05, 0) is 39.0 Å². The van der Waals surface area contributed by atoms with Crippen LogP contribution in [0.3, 0.4) is 0 Å². The second kappa shape index (κ2) is 7.53. The van der Waals surface area contributed by atoms with Gasteiger partial charge in [-0.1, -0.05) is 13.0 Å². The number of nitrogens with one attached hydrogen (secondary N) is 2. The average Bonchev–Trinajstić information content (AvgIpc) is 2.97. The number of amides is 1. The monoisotopic (exact) mass is 394 g/mol. The second-order valence-corrected chi connectivity index (χ2v) is 8.63. The molecular weight excluding hydrogens is 372 g/mol. The van der Waals surface area contributed by atoms with Gasteiger partial charge in [-0.3, -0.25) is 4.79 Å². The first kappa shape index (κ1) is 20.7. The number of hydrogen-bond donors (Lipinski definition) is 3. The molecule has 0 aliphatic heterocycles. The molecule has 3 N–H and O–H groups in total. The quantitative estimate of drug-likeness (QED) is 0.692. The van der Waals surface area contributed by atoms with Crippen LogP contribution in [0.4, 0.5) is 5.69 Å². The van der Waals surface area contributed by atoms with Crippen LogP contribution in [0.5, 0.6) is 0 Å². The molecule has 1 aromatic carbocycles. The molecule has 1 aromatic heterocycles. The number of rotatable bonds is 6. The predicted molar refractivity (Wildman–Crippen MR) is 99.5 cm³/mol. The van der Waals surface area contributed by atoms with Crippen molar-refractivity contribution in [3.05, 3.63) is 47.4 Å². The van der Waals surface area contributed by atoms with Crippen molar-refractivity contribution in [3.8, 4) is 0 Å². The number of hydrogen-bond acceptors (Lipinski definition) is 5. The normalized spacial score (nSPS) is 12.0. The number of carboxylic acid groups (broad SMARTS) is 1. The number of carboxylic acids is 1. The fourth-order valence-electron chi connectivity index (χ4n) is 2.38. The van der Waals surface area contributed by atoms with Crippen molar-refractivity contribution in [2.24, 2.45) is 0 Å². The Morgan fingerprint density at radius 2 is 1.85 bits per heavy atom. The lowest BCUT2D eigenvalue weighted by atomic mass is 10.1. The predicted octanol–water partition coefficient (Wildman–Crippen LogP) is 2.87. The zero-order chi connectivity index (χ0) is 20.4. The molecule has 1 amide bonds. The number of furan rings is 1. The molecule has 9 heteroatoms. The standard InChI is InChI=1S/C18H22N2O6S/c1-5-14-13(17(22)23)10-15(26-14)16(21)19-11-7-6-8-12(9-11)27(24,25)20-18(2,3)4/h6-10,20H,5H2,1-4H3,(H,19,21)(H,22,23). The summed E-state index contributed by atoms with van der Waals surface area (Å²) in [5.74, 6) is -1.82. The van der Waals surface area contributed by atoms with Crippen LogP contribution in [-0.2, 0) is 16.4 Å². The maximum atomic E-state index is 12.4. The van der Waals surface area contributed by atoms with Gasteiger partial charge < -0.3 is 14.8 Å². The number of aromatic carboxylic acids is 1. The third kappa shape index (κ3) is 5.18. The van der Waals surface area contributed by atoms with Gasteiger partial charge in [0.25, 0.3) is 5.91 Å². The van der Waals surface area contributed by atoms with E-state index in [4.69, 9.17) is 9.52 Å². The Kier molecular flexibility index (Phi) is 5.76. The summed E-state index contributed by atoms with van der Waals surface area (Å²) in [5, 5.41) is 11.7. The Balaban J connectivity index is 2.26. The minimum atomic E-state index is -3.76. The summed E-state index contributed by atoms with van der Waals surface area (Å²) >= 11 is 0. The van der Waals surface area contributed by atoms with Gasteiger partial charge >= 0.3 is 5.97 Å². The van der Waals surface area contributed by atoms with Gasteiger partial charge in [0.1, 0.15) is 11.3 Å². The summed E-state index contributed by atoms with van der Waals surface area (Å²) in [6.07, 6.45) is 0.321. The Labute approximate surface area is 157 Å². The first-order valence-corrected chi connectivity index (χ1v) is 9.72. The molecule has 0 saturated heterocycles. The zero-order valence-electron chi connectivity index (χ0n) is 15.5. The van der Waals surface area contributed by atoms with Crippen LogP contribution in [0.25, 0.3) is 0 Å². The number of carbonyl (C=O) groups is 2. The second-order valence-electron chi connectivity index (χ2n) is 6.94. The van der Waals surface area contributed by atoms with Crippen molar-refractivity contribution >= 4 is 27.6 Å². The SMILES string of the molecule is CCc1oc(C(=O)Nc2cccc(S(=O)(=O)NC(C)(C)C)c2)cc1C(=O)O. The molecule has 0 unspecified atom stereocenters. The van der Waals surface area contributed by atoms with E-state index in [-0.39, 0.29) is 27.7 Å². The third-order valence-electron chi connectivity index (χ3n) is 3.43. The molecule has 0 fully saturated rings. The van der Waals surface area contributed by atoms with Gasteiger partial charge in [0.2, 0.25) is 10.0 Å². The molecular formula is C18H22N2O6S. The number of aryl methyl sites for hydroxylation is 1. The van der Waals surface area contributed by atoms with Crippen molar-refractivity contribution in [3.63, 3.8) is 0 Å². The van der Waals surface area contributed by atoms with E-state index in [0.29, 0.717) is 6.42 Å². The van der Waals surface area contributed by atoms with E-state index in [1.54, 1.807) is 27.7 Å². The van der Waals surface area contributed by atoms with Gasteiger partial charge in [0.05, 0.1) is 4.90 Å². The van der Waals surface area contributed by atoms with Gasteiger partial charge in [0.15, 0.2) is 5.76 Å². The number of carbonyl (C=O) groups excluding carboxylic acids is 1. The summed E-state index contributed by atoms with van der Waals surface area (Å²) in [4.78, 5) is 23.5. The lowest BCUT2D eigenvalue weighted by molar-refractivity contribution is 0.0694. The molecule has 0 radical (unpaired) electrons. The van der Waals surface area contributed by atoms with E-state index in [9.17, 15) is 18.0 Å². The van der Waals surface area contributed by atoms with Crippen LogP contribution in [0.15, 0.2) is 39.6 Å². The highest BCUT2D eigenvalue weighted by Gasteiger charge is 2.23. The summed E-state index contributed by atoms with van der Waals surface area (Å²) in [7, 11) is -3.76. The van der Waals surface area contributed by atoms with Crippen molar-refractivity contribution in [2.75, 3.05) is 5.32 Å². The maximum Gasteiger partial charge on any atom is 0.339 e. The van der Waals surface area contributed by atoms with Crippen LogP contribution < -0.4 is 10.0 Å². The van der Waals surface area contributed by atoms with Crippen LogP contribution in [0.2, 0.25) is 0 Å². The molecule has 0 spiro atoms. The zero-order valence-corrected chi connectivity index (χ0v) is 16.3. The Morgan fingerprint density at radius 3 is 2.37 bits per heavy atom. The maximum absolute atomic E-state index is 12.4. The first-order valence-electron chi connectivity index (χ1n) is 8.24. The van der Waals surface area contributed by atoms with E-state index < -0.39 is 27.4 Å². The van der Waals surface area contributed by atoms with Crippen LogP contribution in [0, 0.1) is 0 Å². The molecule has 0 saturated carbocycles. The molecule has 2 rings (SSSR count). The molecule has 0 aliphatic rings. The number of sulfonamides is 1. The largest absolute Gasteiger partial charge is 0.478 e. The molecule has 2 aromatic rings. The van der Waals surface area contributed by atoms with Crippen LogP contribution in [-0.4, -0.2) is 30.9 Å². The van der Waals surface area contributed by atoms with E-state index >= 15 is 0 Å². The molecule has 146 valence electrons. The highest BCUT2D eigenvalue weighted by molar-refractivity contribution is 7.89. The molecule has 0 bridgehead atoms. The summed E-state index contributed by atoms with van der Waals surface area (Å²) < 4.78 is 32.6. The molecule has 0 aliphatic carbocycles. The van der Waals surface area contributed by atoms with Crippen molar-refractivity contribution in [1.82, 2.24) is 4.72 Å². The lowest BCUT2D eigenvalue weighted by Gasteiger charge is -2.20. The van der Waals surface area contributed by atoms with Crippen LogP contribution in [0.1, 0.15) is 54.4 Å². The number of benzene rings is 1. The fourth-order valence-corrected chi connectivity index (χ4v) is 3.84. The van der Waals surface area contributed by atoms with Gasteiger partial charge in [-0.2, -0.15) is 0 Å². The topological polar surface area (TPSA) is 126 Å². The van der Waals surface area contributed by atoms with Crippen molar-refractivity contribution in [2.45, 2.75) is 44.6 Å². The van der Waals surface area contributed by atoms with Crippen LogP contribution >= 0.6 is 0 Å². The minimum Gasteiger partial charge on any atom is -0.478 e. The van der Waals surface area contributed by atoms with Gasteiger partial charge in [0, 0.05) is 23.7 Å². The average molecular weight is 394 g/mol. The van der Waals surface area contributed by atoms with E-state index in [1.807, 2.05) is 0 Å². The van der Waals surface area contributed by atoms with E-state index in [2.05, 4.69) is 10.0 Å². The summed E-state index contributed by atoms with van der Waals surface area (Å²) in [6, 6.07) is 6.89. The minimum absolute atomic E-state index is 0.00450. The van der Waals surface area contributed by atoms with Gasteiger partial charge in [-0.15, -0.1) is 0 Å². The highest BCUT2D eigenvalue weighted by atomic mass is 32.2. The van der Waals surface area contributed by atoms with E-state index in [1.165, 1.54) is 24.3 Å². The van der Waals surface area contributed by atoms with Crippen molar-refractivity contribution < 1.29 is 27.5 Å². The van der Waals surface area contributed by atoms with Gasteiger partial charge in [-0.25, -0.2) is 17.9 Å². The van der Waals surface area contributed by atoms with E-state index in [0.717, 1.165) is 6.07 Å². The molecule has 1 heterocycles. The summed E-state index contributed by atoms with van der Waals surface area (Å²) in [5.41, 5.74) is -0.493. The summed E-state index contributed by atoms with van der Waals surface area (Å²) in [6.45, 7) is 6.87. The Bertz CT molecular complexity index is 970. The highest BCUT2D eigenvalue weighted by Crippen LogP contribution is 2.20. The molecule has 8 nitrogen and oxygen atoms in total. The Hall–Kier alpha value is -2.65. The molecule has 0 atom stereocenters. The Morgan fingerprint density at radius 1 is 1.19 bits per heavy atom. The number of anilines is 1. The van der Waals surface area contributed by atoms with Crippen molar-refractivity contribution in [1.29, 1.82) is 0 Å². The third-order valence-corrected chi connectivity index (χ3v) is 5.18. The molecule has 27 heavy (non-hydrogen) atoms. The fraction of sp³-hybridized carbons (Fsp3) is 0.333.